The summed E-state index contributed by atoms with van der Waals surface area (Å²) in [5, 5.41) is 20.1. The molecule has 2 aromatic carbocycles. The topological polar surface area (TPSA) is 96.8 Å². The number of ether oxygens (including phenoxy) is 1. The average Bonchev–Trinajstić information content (AvgIpc) is 3.25. The summed E-state index contributed by atoms with van der Waals surface area (Å²) in [5.74, 6) is -0.351. The lowest BCUT2D eigenvalue weighted by Crippen LogP contribution is -2.64. The van der Waals surface area contributed by atoms with Gasteiger partial charge in [0.1, 0.15) is 5.82 Å². The third-order valence-electron chi connectivity index (χ3n) is 8.97. The molecule has 2 saturated heterocycles. The summed E-state index contributed by atoms with van der Waals surface area (Å²) in [5.41, 5.74) is 3.11. The molecule has 0 aromatic heterocycles. The van der Waals surface area contributed by atoms with Gasteiger partial charge >= 0.3 is 6.09 Å². The normalized spacial score (nSPS) is 27.2. The summed E-state index contributed by atoms with van der Waals surface area (Å²) < 4.78 is 19.0. The molecule has 2 fully saturated rings. The van der Waals surface area contributed by atoms with E-state index < -0.39 is 11.5 Å². The zero-order valence-electron chi connectivity index (χ0n) is 24.1. The number of fused-ring (bicyclic) bond motifs is 1. The zero-order chi connectivity index (χ0) is 29.3. The van der Waals surface area contributed by atoms with Crippen molar-refractivity contribution >= 4 is 17.7 Å². The molecule has 0 spiro atoms. The summed E-state index contributed by atoms with van der Waals surface area (Å²) in [7, 11) is 0. The molecule has 2 amide bonds. The first-order valence-corrected chi connectivity index (χ1v) is 14.4. The van der Waals surface area contributed by atoms with E-state index in [1.807, 2.05) is 32.0 Å². The summed E-state index contributed by atoms with van der Waals surface area (Å²) in [6.07, 6.45) is -0.343. The van der Waals surface area contributed by atoms with Crippen molar-refractivity contribution in [3.63, 3.8) is 0 Å². The van der Waals surface area contributed by atoms with Gasteiger partial charge in [-0.05, 0) is 55.2 Å². The van der Waals surface area contributed by atoms with Crippen molar-refractivity contribution in [3.8, 4) is 0 Å². The van der Waals surface area contributed by atoms with E-state index in [1.54, 1.807) is 17.0 Å². The number of amides is 2. The van der Waals surface area contributed by atoms with Gasteiger partial charge in [0.25, 0.3) is 0 Å². The maximum absolute atomic E-state index is 14.0. The van der Waals surface area contributed by atoms with Crippen LogP contribution in [-0.4, -0.2) is 114 Å². The molecule has 2 aromatic rings. The van der Waals surface area contributed by atoms with E-state index in [9.17, 15) is 24.2 Å². The number of carboxylic acid groups (broad SMARTS) is 1. The Bertz CT molecular complexity index is 1260. The van der Waals surface area contributed by atoms with Crippen molar-refractivity contribution in [2.24, 2.45) is 0 Å². The zero-order valence-corrected chi connectivity index (χ0v) is 24.1. The molecule has 0 radical (unpaired) electrons. The Morgan fingerprint density at radius 2 is 1.78 bits per heavy atom. The first-order valence-electron chi connectivity index (χ1n) is 14.4. The molecule has 4 atom stereocenters. The number of aliphatic hydroxyl groups is 1. The molecule has 222 valence electrons. The monoisotopic (exact) mass is 568 g/mol. The number of morpholine rings is 1. The number of hydrogen-bond acceptors (Lipinski definition) is 6. The smallest absolute Gasteiger partial charge is 0.407 e. The number of aliphatic hydroxyl groups excluding tert-OH is 1. The predicted octanol–water partition coefficient (Wildman–Crippen LogP) is 2.79. The first-order chi connectivity index (χ1) is 19.6. The maximum atomic E-state index is 14.0. The number of nitrogens with zero attached hydrogens (tertiary/aromatic N) is 4. The molecular weight excluding hydrogens is 527 g/mol. The average molecular weight is 569 g/mol. The molecule has 0 unspecified atom stereocenters. The summed E-state index contributed by atoms with van der Waals surface area (Å²) >= 11 is 0. The van der Waals surface area contributed by atoms with Crippen LogP contribution in [0.2, 0.25) is 0 Å². The highest BCUT2D eigenvalue weighted by Gasteiger charge is 2.43. The SMILES string of the molecule is C[C@@H]1COCCN1C[C@H]1CN(C(=O)O)[C@H](C)CN1CC(=O)N1C[C@](C)(CO)c2ccc(Cc3ccc(F)cc3)cc21. The second kappa shape index (κ2) is 12.1. The largest absolute Gasteiger partial charge is 0.465 e. The third kappa shape index (κ3) is 6.25. The Labute approximate surface area is 241 Å². The molecule has 3 aliphatic rings. The van der Waals surface area contributed by atoms with E-state index in [4.69, 9.17) is 4.74 Å². The van der Waals surface area contributed by atoms with Gasteiger partial charge in [-0.3, -0.25) is 14.6 Å². The lowest BCUT2D eigenvalue weighted by Gasteiger charge is -2.47. The fourth-order valence-electron chi connectivity index (χ4n) is 6.44. The standard InChI is InChI=1S/C31H41FN4O5/c1-21-14-34(26(16-35(21)30(39)40)15-33-10-11-41-18-22(33)2)17-29(38)36-19-31(3,20-37)27-9-6-24(13-28(27)36)12-23-4-7-25(32)8-5-23/h4-9,13,21-22,26,37H,10-12,14-20H2,1-3H3,(H,39,40)/t21-,22-,26+,31-/m1/s1. The van der Waals surface area contributed by atoms with Gasteiger partial charge in [0, 0.05) is 62.0 Å². The lowest BCUT2D eigenvalue weighted by molar-refractivity contribution is -0.121. The highest BCUT2D eigenvalue weighted by atomic mass is 19.1. The maximum Gasteiger partial charge on any atom is 0.407 e. The van der Waals surface area contributed by atoms with Crippen LogP contribution < -0.4 is 4.90 Å². The molecule has 10 heteroatoms. The van der Waals surface area contributed by atoms with Crippen LogP contribution in [0.1, 0.15) is 37.5 Å². The van der Waals surface area contributed by atoms with Crippen molar-refractivity contribution in [3.05, 3.63) is 65.0 Å². The van der Waals surface area contributed by atoms with Crippen LogP contribution in [0.15, 0.2) is 42.5 Å². The van der Waals surface area contributed by atoms with Gasteiger partial charge in [-0.2, -0.15) is 0 Å². The minimum absolute atomic E-state index is 0.0710. The molecule has 5 rings (SSSR count). The van der Waals surface area contributed by atoms with E-state index in [2.05, 4.69) is 16.7 Å². The Morgan fingerprint density at radius 3 is 2.46 bits per heavy atom. The van der Waals surface area contributed by atoms with Crippen LogP contribution in [0.4, 0.5) is 14.9 Å². The van der Waals surface area contributed by atoms with Crippen LogP contribution in [0.3, 0.4) is 0 Å². The van der Waals surface area contributed by atoms with Crippen LogP contribution in [-0.2, 0) is 21.4 Å². The number of benzene rings is 2. The quantitative estimate of drug-likeness (QED) is 0.530. The van der Waals surface area contributed by atoms with Gasteiger partial charge in [-0.15, -0.1) is 0 Å². The number of rotatable bonds is 7. The van der Waals surface area contributed by atoms with Crippen molar-refractivity contribution in [1.82, 2.24) is 14.7 Å². The van der Waals surface area contributed by atoms with E-state index in [-0.39, 0.29) is 43.0 Å². The number of carbonyl (C=O) groups is 2. The Kier molecular flexibility index (Phi) is 8.65. The number of piperazine rings is 1. The van der Waals surface area contributed by atoms with Crippen LogP contribution >= 0.6 is 0 Å². The summed E-state index contributed by atoms with van der Waals surface area (Å²) in [4.78, 5) is 33.7. The van der Waals surface area contributed by atoms with E-state index in [1.165, 1.54) is 17.0 Å². The molecular formula is C31H41FN4O5. The first kappa shape index (κ1) is 29.4. The van der Waals surface area contributed by atoms with Crippen molar-refractivity contribution in [1.29, 1.82) is 0 Å². The van der Waals surface area contributed by atoms with Crippen molar-refractivity contribution in [2.75, 3.05) is 64.0 Å². The predicted molar refractivity (Wildman–Crippen MR) is 154 cm³/mol. The van der Waals surface area contributed by atoms with E-state index in [0.717, 1.165) is 28.9 Å². The second-order valence-electron chi connectivity index (χ2n) is 12.1. The molecule has 0 saturated carbocycles. The third-order valence-corrected chi connectivity index (χ3v) is 8.97. The molecule has 9 nitrogen and oxygen atoms in total. The molecule has 0 bridgehead atoms. The fraction of sp³-hybridized carbons (Fsp3) is 0.548. The van der Waals surface area contributed by atoms with Crippen LogP contribution in [0.5, 0.6) is 0 Å². The van der Waals surface area contributed by atoms with Crippen molar-refractivity contribution in [2.45, 2.75) is 50.7 Å². The van der Waals surface area contributed by atoms with Gasteiger partial charge in [0.2, 0.25) is 5.91 Å². The van der Waals surface area contributed by atoms with Crippen LogP contribution in [0.25, 0.3) is 0 Å². The Balaban J connectivity index is 1.38. The summed E-state index contributed by atoms with van der Waals surface area (Å²) in [6, 6.07) is 12.3. The molecule has 2 N–H and O–H groups in total. The van der Waals surface area contributed by atoms with Gasteiger partial charge < -0.3 is 24.7 Å². The van der Waals surface area contributed by atoms with E-state index >= 15 is 0 Å². The van der Waals surface area contributed by atoms with E-state index in [0.29, 0.717) is 45.8 Å². The number of carbonyl (C=O) groups excluding carboxylic acids is 1. The van der Waals surface area contributed by atoms with Gasteiger partial charge in [0.05, 0.1) is 26.4 Å². The van der Waals surface area contributed by atoms with Gasteiger partial charge in [-0.1, -0.05) is 31.2 Å². The second-order valence-corrected chi connectivity index (χ2v) is 12.1. The highest BCUT2D eigenvalue weighted by molar-refractivity contribution is 5.97. The minimum Gasteiger partial charge on any atom is -0.465 e. The highest BCUT2D eigenvalue weighted by Crippen LogP contribution is 2.41. The molecule has 3 aliphatic heterocycles. The fourth-order valence-corrected chi connectivity index (χ4v) is 6.44. The summed E-state index contributed by atoms with van der Waals surface area (Å²) in [6.45, 7) is 9.89. The van der Waals surface area contributed by atoms with Gasteiger partial charge in [0.15, 0.2) is 0 Å². The molecule has 41 heavy (non-hydrogen) atoms. The van der Waals surface area contributed by atoms with Gasteiger partial charge in [-0.25, -0.2) is 9.18 Å². The number of anilines is 1. The Morgan fingerprint density at radius 1 is 1.05 bits per heavy atom. The Hall–Kier alpha value is -3.05. The van der Waals surface area contributed by atoms with Crippen molar-refractivity contribution < 1.29 is 28.9 Å². The molecule has 0 aliphatic carbocycles. The number of halogens is 1. The lowest BCUT2D eigenvalue weighted by atomic mass is 9.85. The molecule has 3 heterocycles. The van der Waals surface area contributed by atoms with Crippen LogP contribution in [0, 0.1) is 5.82 Å². The minimum atomic E-state index is -0.940. The number of hydrogen-bond donors (Lipinski definition) is 2.